The molecule has 0 saturated heterocycles. The summed E-state index contributed by atoms with van der Waals surface area (Å²) >= 11 is 13.7. The van der Waals surface area contributed by atoms with E-state index >= 15 is 0 Å². The number of aromatic nitrogens is 2. The van der Waals surface area contributed by atoms with Crippen molar-refractivity contribution in [2.75, 3.05) is 5.32 Å². The largest absolute Gasteiger partial charge is 0.371 e. The molecule has 0 aliphatic rings. The van der Waals surface area contributed by atoms with Gasteiger partial charge in [0.15, 0.2) is 0 Å². The van der Waals surface area contributed by atoms with Gasteiger partial charge in [0, 0.05) is 30.0 Å². The third-order valence-corrected chi connectivity index (χ3v) is 4.85. The SMILES string of the molecule is Cn1ccnc1C(Nc1ccc(Cl)c(Cl)c1)c1cccs1. The third kappa shape index (κ3) is 3.07. The third-order valence-electron chi connectivity index (χ3n) is 3.17. The average molecular weight is 338 g/mol. The molecule has 1 unspecified atom stereocenters. The highest BCUT2D eigenvalue weighted by molar-refractivity contribution is 7.10. The Balaban J connectivity index is 1.97. The zero-order chi connectivity index (χ0) is 14.8. The van der Waals surface area contributed by atoms with Gasteiger partial charge in [-0.05, 0) is 29.6 Å². The van der Waals surface area contributed by atoms with Gasteiger partial charge < -0.3 is 9.88 Å². The van der Waals surface area contributed by atoms with Crippen molar-refractivity contribution in [3.8, 4) is 0 Å². The molecule has 3 aromatic rings. The molecule has 0 aliphatic heterocycles. The van der Waals surface area contributed by atoms with Crippen LogP contribution in [0.1, 0.15) is 16.7 Å². The number of halogens is 2. The van der Waals surface area contributed by atoms with Crippen LogP contribution < -0.4 is 5.32 Å². The molecule has 3 rings (SSSR count). The number of hydrogen-bond donors (Lipinski definition) is 1. The molecule has 3 nitrogen and oxygen atoms in total. The Labute approximate surface area is 137 Å². The summed E-state index contributed by atoms with van der Waals surface area (Å²) in [5, 5.41) is 6.62. The first kappa shape index (κ1) is 14.4. The van der Waals surface area contributed by atoms with Gasteiger partial charge in [-0.1, -0.05) is 29.3 Å². The van der Waals surface area contributed by atoms with Crippen LogP contribution in [0.2, 0.25) is 10.0 Å². The minimum atomic E-state index is -0.0257. The van der Waals surface area contributed by atoms with Gasteiger partial charge in [-0.25, -0.2) is 4.98 Å². The van der Waals surface area contributed by atoms with Crippen molar-refractivity contribution in [2.45, 2.75) is 6.04 Å². The van der Waals surface area contributed by atoms with Crippen LogP contribution in [0.25, 0.3) is 0 Å². The predicted molar refractivity (Wildman–Crippen MR) is 89.5 cm³/mol. The minimum Gasteiger partial charge on any atom is -0.371 e. The van der Waals surface area contributed by atoms with Gasteiger partial charge in [0.25, 0.3) is 0 Å². The summed E-state index contributed by atoms with van der Waals surface area (Å²) in [6.07, 6.45) is 3.74. The Morgan fingerprint density at radius 3 is 2.71 bits per heavy atom. The molecule has 108 valence electrons. The summed E-state index contributed by atoms with van der Waals surface area (Å²) in [5.41, 5.74) is 0.908. The van der Waals surface area contributed by atoms with Gasteiger partial charge in [0.2, 0.25) is 0 Å². The summed E-state index contributed by atoms with van der Waals surface area (Å²) in [4.78, 5) is 5.65. The fourth-order valence-corrected chi connectivity index (χ4v) is 3.20. The smallest absolute Gasteiger partial charge is 0.136 e. The van der Waals surface area contributed by atoms with Crippen molar-refractivity contribution >= 4 is 40.2 Å². The first-order valence-electron chi connectivity index (χ1n) is 6.37. The molecule has 2 heterocycles. The van der Waals surface area contributed by atoms with Crippen molar-refractivity contribution in [3.63, 3.8) is 0 Å². The van der Waals surface area contributed by atoms with Gasteiger partial charge in [-0.3, -0.25) is 0 Å². The van der Waals surface area contributed by atoms with E-state index in [-0.39, 0.29) is 6.04 Å². The molecule has 6 heteroatoms. The number of nitrogens with one attached hydrogen (secondary N) is 1. The van der Waals surface area contributed by atoms with Crippen molar-refractivity contribution in [2.24, 2.45) is 7.05 Å². The maximum absolute atomic E-state index is 6.09. The highest BCUT2D eigenvalue weighted by Gasteiger charge is 2.19. The fourth-order valence-electron chi connectivity index (χ4n) is 2.13. The van der Waals surface area contributed by atoms with E-state index in [0.29, 0.717) is 10.0 Å². The van der Waals surface area contributed by atoms with E-state index in [9.17, 15) is 0 Å². The van der Waals surface area contributed by atoms with Gasteiger partial charge >= 0.3 is 0 Å². The number of rotatable bonds is 4. The molecule has 0 bridgehead atoms. The van der Waals surface area contributed by atoms with Crippen LogP contribution in [-0.4, -0.2) is 9.55 Å². The Hall–Kier alpha value is -1.49. The Bertz CT molecular complexity index is 737. The van der Waals surface area contributed by atoms with E-state index in [2.05, 4.69) is 21.7 Å². The molecule has 0 aliphatic carbocycles. The van der Waals surface area contributed by atoms with Crippen LogP contribution in [0.4, 0.5) is 5.69 Å². The van der Waals surface area contributed by atoms with Gasteiger partial charge in [0.1, 0.15) is 11.9 Å². The van der Waals surface area contributed by atoms with E-state index in [0.717, 1.165) is 11.5 Å². The van der Waals surface area contributed by atoms with Gasteiger partial charge in [0.05, 0.1) is 10.0 Å². The number of anilines is 1. The second-order valence-corrected chi connectivity index (χ2v) is 6.41. The van der Waals surface area contributed by atoms with Gasteiger partial charge in [-0.15, -0.1) is 11.3 Å². The average Bonchev–Trinajstić information content (AvgIpc) is 3.12. The molecule has 0 fully saturated rings. The second-order valence-electron chi connectivity index (χ2n) is 4.62. The lowest BCUT2D eigenvalue weighted by molar-refractivity contribution is 0.756. The molecule has 21 heavy (non-hydrogen) atoms. The first-order chi connectivity index (χ1) is 10.1. The van der Waals surface area contributed by atoms with Crippen molar-refractivity contribution < 1.29 is 0 Å². The molecule has 2 aromatic heterocycles. The molecule has 1 aromatic carbocycles. The van der Waals surface area contributed by atoms with Crippen molar-refractivity contribution in [3.05, 3.63) is 68.9 Å². The van der Waals surface area contributed by atoms with E-state index in [4.69, 9.17) is 23.2 Å². The maximum Gasteiger partial charge on any atom is 0.136 e. The maximum atomic E-state index is 6.09. The van der Waals surface area contributed by atoms with Crippen LogP contribution in [0.3, 0.4) is 0 Å². The Morgan fingerprint density at radius 1 is 1.24 bits per heavy atom. The Morgan fingerprint density at radius 2 is 2.10 bits per heavy atom. The standard InChI is InChI=1S/C15H13Cl2N3S/c1-20-7-6-18-15(20)14(13-3-2-8-21-13)19-10-4-5-11(16)12(17)9-10/h2-9,14,19H,1H3. The lowest BCUT2D eigenvalue weighted by Gasteiger charge is -2.19. The zero-order valence-electron chi connectivity index (χ0n) is 11.3. The summed E-state index contributed by atoms with van der Waals surface area (Å²) < 4.78 is 2.01. The fraction of sp³-hybridized carbons (Fsp3) is 0.133. The summed E-state index contributed by atoms with van der Waals surface area (Å²) in [7, 11) is 1.99. The van der Waals surface area contributed by atoms with E-state index < -0.39 is 0 Å². The predicted octanol–water partition coefficient (Wildman–Crippen LogP) is 4.99. The molecular weight excluding hydrogens is 325 g/mol. The lowest BCUT2D eigenvalue weighted by Crippen LogP contribution is -2.15. The highest BCUT2D eigenvalue weighted by Crippen LogP contribution is 2.31. The first-order valence-corrected chi connectivity index (χ1v) is 8.01. The number of hydrogen-bond acceptors (Lipinski definition) is 3. The van der Waals surface area contributed by atoms with E-state index in [1.54, 1.807) is 23.6 Å². The Kier molecular flexibility index (Phi) is 4.19. The van der Waals surface area contributed by atoms with Crippen LogP contribution in [0.5, 0.6) is 0 Å². The number of imidazole rings is 1. The number of aryl methyl sites for hydroxylation is 1. The van der Waals surface area contributed by atoms with Gasteiger partial charge in [-0.2, -0.15) is 0 Å². The van der Waals surface area contributed by atoms with Crippen LogP contribution in [0, 0.1) is 0 Å². The number of nitrogens with zero attached hydrogens (tertiary/aromatic N) is 2. The van der Waals surface area contributed by atoms with E-state index in [1.165, 1.54) is 4.88 Å². The topological polar surface area (TPSA) is 29.9 Å². The molecule has 0 radical (unpaired) electrons. The number of thiophene rings is 1. The molecule has 0 spiro atoms. The second kappa shape index (κ2) is 6.10. The number of benzene rings is 1. The van der Waals surface area contributed by atoms with Crippen molar-refractivity contribution in [1.82, 2.24) is 9.55 Å². The van der Waals surface area contributed by atoms with Crippen LogP contribution in [0.15, 0.2) is 48.1 Å². The molecule has 1 N–H and O–H groups in total. The molecular formula is C15H13Cl2N3S. The van der Waals surface area contributed by atoms with Crippen LogP contribution >= 0.6 is 34.5 Å². The summed E-state index contributed by atoms with van der Waals surface area (Å²) in [6.45, 7) is 0. The zero-order valence-corrected chi connectivity index (χ0v) is 13.6. The minimum absolute atomic E-state index is 0.0257. The summed E-state index contributed by atoms with van der Waals surface area (Å²) in [5.74, 6) is 0.948. The molecule has 1 atom stereocenters. The summed E-state index contributed by atoms with van der Waals surface area (Å²) in [6, 6.07) is 9.63. The highest BCUT2D eigenvalue weighted by atomic mass is 35.5. The van der Waals surface area contributed by atoms with Crippen LogP contribution in [-0.2, 0) is 7.05 Å². The quantitative estimate of drug-likeness (QED) is 0.726. The molecule has 0 saturated carbocycles. The van der Waals surface area contributed by atoms with E-state index in [1.807, 2.05) is 36.0 Å². The van der Waals surface area contributed by atoms with Crippen molar-refractivity contribution in [1.29, 1.82) is 0 Å². The normalized spacial score (nSPS) is 12.3. The monoisotopic (exact) mass is 337 g/mol. The lowest BCUT2D eigenvalue weighted by atomic mass is 10.2. The molecule has 0 amide bonds.